The van der Waals surface area contributed by atoms with Gasteiger partial charge in [-0.15, -0.1) is 0 Å². The molecular weight excluding hydrogens is 334 g/mol. The van der Waals surface area contributed by atoms with Gasteiger partial charge in [-0.1, -0.05) is 6.07 Å². The fourth-order valence-corrected chi connectivity index (χ4v) is 2.81. The smallest absolute Gasteiger partial charge is 0.273 e. The van der Waals surface area contributed by atoms with Crippen molar-refractivity contribution in [3.63, 3.8) is 0 Å². The Hall–Kier alpha value is -3.03. The second-order valence-electron chi connectivity index (χ2n) is 5.59. The Morgan fingerprint density at radius 1 is 1.28 bits per heavy atom. The van der Waals surface area contributed by atoms with E-state index < -0.39 is 29.1 Å². The Bertz CT molecular complexity index is 841. The molecule has 6 nitrogen and oxygen atoms in total. The van der Waals surface area contributed by atoms with Gasteiger partial charge in [0.15, 0.2) is 6.61 Å². The van der Waals surface area contributed by atoms with E-state index in [1.807, 2.05) is 0 Å². The van der Waals surface area contributed by atoms with Gasteiger partial charge in [-0.2, -0.15) is 0 Å². The van der Waals surface area contributed by atoms with Gasteiger partial charge in [0.2, 0.25) is 0 Å². The van der Waals surface area contributed by atoms with E-state index in [9.17, 15) is 23.7 Å². The maximum Gasteiger partial charge on any atom is 0.273 e. The second kappa shape index (κ2) is 6.84. The van der Waals surface area contributed by atoms with Crippen molar-refractivity contribution in [1.29, 1.82) is 0 Å². The lowest BCUT2D eigenvalue weighted by molar-refractivity contribution is -0.384. The zero-order valence-electron chi connectivity index (χ0n) is 13.1. The minimum atomic E-state index is -0.793. The molecule has 3 rings (SSSR count). The molecule has 0 N–H and O–H groups in total. The SMILES string of the molecule is O=C(COc1cccc([N+](=O)[O-])c1)N1CCCc2cc(F)cc(F)c21. The topological polar surface area (TPSA) is 72.7 Å². The minimum absolute atomic E-state index is 0.0697. The fourth-order valence-electron chi connectivity index (χ4n) is 2.81. The number of halogens is 2. The third kappa shape index (κ3) is 3.57. The molecule has 130 valence electrons. The maximum absolute atomic E-state index is 14.1. The third-order valence-electron chi connectivity index (χ3n) is 3.90. The third-order valence-corrected chi connectivity index (χ3v) is 3.90. The van der Waals surface area contributed by atoms with E-state index in [0.29, 0.717) is 24.9 Å². The fraction of sp³-hybridized carbons (Fsp3) is 0.235. The first kappa shape index (κ1) is 16.8. The molecule has 2 aromatic rings. The largest absolute Gasteiger partial charge is 0.483 e. The van der Waals surface area contributed by atoms with Gasteiger partial charge < -0.3 is 9.64 Å². The molecule has 0 radical (unpaired) electrons. The molecule has 0 fully saturated rings. The van der Waals surface area contributed by atoms with Crippen LogP contribution in [0.4, 0.5) is 20.2 Å². The number of benzene rings is 2. The lowest BCUT2D eigenvalue weighted by atomic mass is 10.0. The first-order valence-electron chi connectivity index (χ1n) is 7.61. The molecule has 0 saturated heterocycles. The average Bonchev–Trinajstić information content (AvgIpc) is 2.59. The van der Waals surface area contributed by atoms with Gasteiger partial charge in [-0.3, -0.25) is 14.9 Å². The van der Waals surface area contributed by atoms with Crippen LogP contribution >= 0.6 is 0 Å². The van der Waals surface area contributed by atoms with Crippen LogP contribution in [0.5, 0.6) is 5.75 Å². The van der Waals surface area contributed by atoms with Crippen molar-refractivity contribution in [2.45, 2.75) is 12.8 Å². The molecule has 0 spiro atoms. The van der Waals surface area contributed by atoms with Crippen LogP contribution in [0.15, 0.2) is 36.4 Å². The highest BCUT2D eigenvalue weighted by atomic mass is 19.1. The molecule has 1 aliphatic rings. The molecule has 8 heteroatoms. The van der Waals surface area contributed by atoms with Crippen LogP contribution in [-0.2, 0) is 11.2 Å². The van der Waals surface area contributed by atoms with E-state index in [0.717, 1.165) is 6.07 Å². The molecule has 0 aliphatic carbocycles. The van der Waals surface area contributed by atoms with E-state index in [-0.39, 0.29) is 17.1 Å². The van der Waals surface area contributed by atoms with Gasteiger partial charge >= 0.3 is 0 Å². The van der Waals surface area contributed by atoms with Gasteiger partial charge in [-0.05, 0) is 30.5 Å². The van der Waals surface area contributed by atoms with Gasteiger partial charge in [0, 0.05) is 18.7 Å². The highest BCUT2D eigenvalue weighted by Crippen LogP contribution is 2.31. The average molecular weight is 348 g/mol. The van der Waals surface area contributed by atoms with Crippen LogP contribution in [-0.4, -0.2) is 24.0 Å². The summed E-state index contributed by atoms with van der Waals surface area (Å²) in [6, 6.07) is 7.40. The number of carbonyl (C=O) groups is 1. The Morgan fingerprint density at radius 2 is 2.08 bits per heavy atom. The van der Waals surface area contributed by atoms with Crippen LogP contribution in [0.1, 0.15) is 12.0 Å². The zero-order valence-corrected chi connectivity index (χ0v) is 13.1. The van der Waals surface area contributed by atoms with Crippen LogP contribution in [0.3, 0.4) is 0 Å². The summed E-state index contributed by atoms with van der Waals surface area (Å²) in [5.74, 6) is -1.81. The molecule has 1 aliphatic heterocycles. The number of hydrogen-bond donors (Lipinski definition) is 0. The maximum atomic E-state index is 14.1. The van der Waals surface area contributed by atoms with Crippen molar-refractivity contribution in [2.75, 3.05) is 18.1 Å². The summed E-state index contributed by atoms with van der Waals surface area (Å²) in [5, 5.41) is 10.7. The van der Waals surface area contributed by atoms with Crippen molar-refractivity contribution in [3.8, 4) is 5.75 Å². The van der Waals surface area contributed by atoms with Crippen molar-refractivity contribution in [1.82, 2.24) is 0 Å². The number of non-ortho nitro benzene ring substituents is 1. The molecule has 0 atom stereocenters. The van der Waals surface area contributed by atoms with Crippen LogP contribution in [0.25, 0.3) is 0 Å². The molecule has 0 unspecified atom stereocenters. The molecule has 0 aromatic heterocycles. The molecule has 25 heavy (non-hydrogen) atoms. The number of anilines is 1. The Balaban J connectivity index is 1.75. The van der Waals surface area contributed by atoms with E-state index in [1.54, 1.807) is 0 Å². The van der Waals surface area contributed by atoms with E-state index in [4.69, 9.17) is 4.74 Å². The number of amides is 1. The predicted octanol–water partition coefficient (Wildman–Crippen LogP) is 3.23. The number of carbonyl (C=O) groups excluding carboxylic acids is 1. The summed E-state index contributed by atoms with van der Waals surface area (Å²) in [6.45, 7) is -0.107. The molecule has 1 heterocycles. The molecule has 0 saturated carbocycles. The Labute approximate surface area is 141 Å². The van der Waals surface area contributed by atoms with Crippen molar-refractivity contribution in [3.05, 3.63) is 63.7 Å². The number of nitro groups is 1. The summed E-state index contributed by atoms with van der Waals surface area (Å²) >= 11 is 0. The summed E-state index contributed by atoms with van der Waals surface area (Å²) in [6.07, 6.45) is 1.07. The summed E-state index contributed by atoms with van der Waals surface area (Å²) in [7, 11) is 0. The monoisotopic (exact) mass is 348 g/mol. The van der Waals surface area contributed by atoms with Crippen molar-refractivity contribution < 1.29 is 23.2 Å². The summed E-state index contributed by atoms with van der Waals surface area (Å²) in [4.78, 5) is 23.8. The first-order chi connectivity index (χ1) is 12.0. The number of aryl methyl sites for hydroxylation is 1. The Morgan fingerprint density at radius 3 is 2.84 bits per heavy atom. The van der Waals surface area contributed by atoms with Gasteiger partial charge in [-0.25, -0.2) is 8.78 Å². The van der Waals surface area contributed by atoms with Gasteiger partial charge in [0.25, 0.3) is 11.6 Å². The summed E-state index contributed by atoms with van der Waals surface area (Å²) < 4.78 is 32.7. The number of rotatable bonds is 4. The van der Waals surface area contributed by atoms with E-state index >= 15 is 0 Å². The molecular formula is C17H14F2N2O4. The van der Waals surface area contributed by atoms with Crippen molar-refractivity contribution >= 4 is 17.3 Å². The Kier molecular flexibility index (Phi) is 4.60. The van der Waals surface area contributed by atoms with Crippen LogP contribution in [0.2, 0.25) is 0 Å². The highest BCUT2D eigenvalue weighted by Gasteiger charge is 2.27. The summed E-state index contributed by atoms with van der Waals surface area (Å²) in [5.41, 5.74) is 0.350. The number of ether oxygens (including phenoxy) is 1. The van der Waals surface area contributed by atoms with E-state index in [2.05, 4.69) is 0 Å². The van der Waals surface area contributed by atoms with Crippen LogP contribution < -0.4 is 9.64 Å². The normalized spacial score (nSPS) is 13.3. The lowest BCUT2D eigenvalue weighted by Gasteiger charge is -2.29. The predicted molar refractivity (Wildman–Crippen MR) is 85.6 cm³/mol. The van der Waals surface area contributed by atoms with Gasteiger partial charge in [0.1, 0.15) is 17.4 Å². The number of nitrogens with zero attached hydrogens (tertiary/aromatic N) is 2. The standard InChI is InChI=1S/C17H14F2N2O4/c18-12-7-11-3-2-6-20(17(11)15(19)8-12)16(22)10-25-14-5-1-4-13(9-14)21(23)24/h1,4-5,7-9H,2-3,6,10H2. The zero-order chi connectivity index (χ0) is 18.0. The second-order valence-corrected chi connectivity index (χ2v) is 5.59. The molecule has 0 bridgehead atoms. The quantitative estimate of drug-likeness (QED) is 0.628. The van der Waals surface area contributed by atoms with Gasteiger partial charge in [0.05, 0.1) is 16.7 Å². The molecule has 1 amide bonds. The molecule has 2 aromatic carbocycles. The van der Waals surface area contributed by atoms with Crippen LogP contribution in [0, 0.1) is 21.7 Å². The first-order valence-corrected chi connectivity index (χ1v) is 7.61. The lowest BCUT2D eigenvalue weighted by Crippen LogP contribution is -2.39. The highest BCUT2D eigenvalue weighted by molar-refractivity contribution is 5.95. The number of nitro benzene ring substituents is 1. The van der Waals surface area contributed by atoms with E-state index in [1.165, 1.54) is 35.2 Å². The van der Waals surface area contributed by atoms with Crippen molar-refractivity contribution in [2.24, 2.45) is 0 Å². The minimum Gasteiger partial charge on any atom is -0.483 e. The number of hydrogen-bond acceptors (Lipinski definition) is 4. The number of fused-ring (bicyclic) bond motifs is 1.